The lowest BCUT2D eigenvalue weighted by atomic mass is 10.2. The topological polar surface area (TPSA) is 74.1 Å². The van der Waals surface area contributed by atoms with Crippen molar-refractivity contribution in [1.29, 1.82) is 0 Å². The number of fused-ring (bicyclic) bond motifs is 1. The van der Waals surface area contributed by atoms with E-state index in [1.807, 2.05) is 35.7 Å². The number of aromatic nitrogens is 3. The third-order valence-electron chi connectivity index (χ3n) is 4.12. The number of thiazole rings is 1. The number of nitrogens with zero attached hydrogens (tertiary/aromatic N) is 3. The van der Waals surface area contributed by atoms with E-state index in [2.05, 4.69) is 9.97 Å². The van der Waals surface area contributed by atoms with Crippen molar-refractivity contribution in [1.82, 2.24) is 14.5 Å². The molecule has 136 valence electrons. The van der Waals surface area contributed by atoms with Crippen molar-refractivity contribution in [2.75, 3.05) is 0 Å². The van der Waals surface area contributed by atoms with Crippen molar-refractivity contribution in [3.8, 4) is 10.6 Å². The first-order valence-corrected chi connectivity index (χ1v) is 9.86. The Morgan fingerprint density at radius 3 is 2.81 bits per heavy atom. The van der Waals surface area contributed by atoms with E-state index in [1.54, 1.807) is 14.0 Å². The lowest BCUT2D eigenvalue weighted by Crippen LogP contribution is -2.16. The van der Waals surface area contributed by atoms with Crippen LogP contribution in [0.25, 0.3) is 20.8 Å². The molecule has 0 amide bonds. The Labute approximate surface area is 162 Å². The largest absolute Gasteiger partial charge is 0.455 e. The number of aryl methyl sites for hydroxylation is 2. The Morgan fingerprint density at radius 2 is 2.04 bits per heavy atom. The zero-order valence-corrected chi connectivity index (χ0v) is 16.3. The average molecular weight is 397 g/mol. The van der Waals surface area contributed by atoms with E-state index >= 15 is 0 Å². The molecule has 3 heterocycles. The van der Waals surface area contributed by atoms with Gasteiger partial charge in [0, 0.05) is 18.0 Å². The third-order valence-corrected chi connectivity index (χ3v) is 6.24. The van der Waals surface area contributed by atoms with Crippen LogP contribution in [-0.2, 0) is 18.4 Å². The van der Waals surface area contributed by atoms with Gasteiger partial charge in [-0.15, -0.1) is 22.7 Å². The summed E-state index contributed by atoms with van der Waals surface area (Å²) in [5.41, 5.74) is 2.17. The maximum absolute atomic E-state index is 12.5. The van der Waals surface area contributed by atoms with Crippen LogP contribution in [0, 0.1) is 6.92 Å². The molecule has 4 rings (SSSR count). The van der Waals surface area contributed by atoms with E-state index in [-0.39, 0.29) is 12.2 Å². The van der Waals surface area contributed by atoms with Gasteiger partial charge in [0.05, 0.1) is 17.4 Å². The lowest BCUT2D eigenvalue weighted by Gasteiger charge is -2.02. The van der Waals surface area contributed by atoms with Gasteiger partial charge in [0.25, 0.3) is 5.56 Å². The number of benzene rings is 1. The fourth-order valence-corrected chi connectivity index (χ4v) is 4.54. The minimum Gasteiger partial charge on any atom is -0.455 e. The molecular formula is C19H15N3O3S2. The Hall–Kier alpha value is -2.84. The van der Waals surface area contributed by atoms with Gasteiger partial charge in [-0.1, -0.05) is 30.3 Å². The molecule has 0 unspecified atom stereocenters. The van der Waals surface area contributed by atoms with Crippen LogP contribution >= 0.6 is 22.7 Å². The number of hydrogen-bond donors (Lipinski definition) is 0. The van der Waals surface area contributed by atoms with Crippen LogP contribution in [0.4, 0.5) is 0 Å². The summed E-state index contributed by atoms with van der Waals surface area (Å²) in [6, 6.07) is 9.85. The second-order valence-electron chi connectivity index (χ2n) is 5.98. The second kappa shape index (κ2) is 7.05. The van der Waals surface area contributed by atoms with E-state index in [4.69, 9.17) is 4.74 Å². The summed E-state index contributed by atoms with van der Waals surface area (Å²) in [7, 11) is 1.64. The minimum atomic E-state index is -0.466. The van der Waals surface area contributed by atoms with E-state index in [9.17, 15) is 9.59 Å². The molecule has 1 aromatic carbocycles. The zero-order valence-electron chi connectivity index (χ0n) is 14.6. The Bertz CT molecular complexity index is 1190. The monoisotopic (exact) mass is 397 g/mol. The highest BCUT2D eigenvalue weighted by atomic mass is 32.1. The first kappa shape index (κ1) is 17.6. The van der Waals surface area contributed by atoms with Crippen LogP contribution < -0.4 is 5.56 Å². The number of carbonyl (C=O) groups excluding carboxylic acids is 1. The fourth-order valence-electron chi connectivity index (χ4n) is 2.70. The van der Waals surface area contributed by atoms with Crippen LogP contribution in [0.3, 0.4) is 0 Å². The van der Waals surface area contributed by atoms with Crippen molar-refractivity contribution in [3.63, 3.8) is 0 Å². The normalized spacial score (nSPS) is 11.0. The number of ether oxygens (including phenoxy) is 1. The van der Waals surface area contributed by atoms with Crippen molar-refractivity contribution < 1.29 is 9.53 Å². The summed E-state index contributed by atoms with van der Waals surface area (Å²) in [5.74, 6) is -0.466. The Balaban J connectivity index is 1.53. The van der Waals surface area contributed by atoms with E-state index in [0.717, 1.165) is 10.6 Å². The van der Waals surface area contributed by atoms with Gasteiger partial charge in [0.15, 0.2) is 0 Å². The molecule has 0 aliphatic rings. The molecule has 6 nitrogen and oxygen atoms in total. The Morgan fingerprint density at radius 1 is 1.26 bits per heavy atom. The predicted molar refractivity (Wildman–Crippen MR) is 106 cm³/mol. The van der Waals surface area contributed by atoms with Crippen molar-refractivity contribution in [2.45, 2.75) is 13.5 Å². The van der Waals surface area contributed by atoms with Crippen LogP contribution in [-0.4, -0.2) is 20.5 Å². The van der Waals surface area contributed by atoms with Gasteiger partial charge >= 0.3 is 5.97 Å². The smallest absolute Gasteiger partial charge is 0.349 e. The van der Waals surface area contributed by atoms with Gasteiger partial charge in [-0.25, -0.2) is 14.8 Å². The first-order valence-electron chi connectivity index (χ1n) is 8.16. The van der Waals surface area contributed by atoms with Crippen molar-refractivity contribution >= 4 is 38.9 Å². The molecule has 0 saturated carbocycles. The number of esters is 1. The van der Waals surface area contributed by atoms with Gasteiger partial charge in [0.2, 0.25) is 0 Å². The molecule has 8 heteroatoms. The lowest BCUT2D eigenvalue weighted by molar-refractivity contribution is 0.0473. The van der Waals surface area contributed by atoms with Crippen LogP contribution in [0.5, 0.6) is 0 Å². The average Bonchev–Trinajstić information content (AvgIpc) is 3.29. The van der Waals surface area contributed by atoms with Gasteiger partial charge in [-0.3, -0.25) is 4.79 Å². The maximum Gasteiger partial charge on any atom is 0.349 e. The van der Waals surface area contributed by atoms with Gasteiger partial charge in [-0.2, -0.15) is 0 Å². The van der Waals surface area contributed by atoms with Crippen LogP contribution in [0.2, 0.25) is 0 Å². The molecule has 0 saturated heterocycles. The first-order chi connectivity index (χ1) is 13.0. The molecule has 0 bridgehead atoms. The van der Waals surface area contributed by atoms with Gasteiger partial charge in [0.1, 0.15) is 21.3 Å². The van der Waals surface area contributed by atoms with E-state index < -0.39 is 5.97 Å². The highest BCUT2D eigenvalue weighted by Gasteiger charge is 2.20. The van der Waals surface area contributed by atoms with E-state index in [0.29, 0.717) is 26.4 Å². The highest BCUT2D eigenvalue weighted by Crippen LogP contribution is 2.28. The van der Waals surface area contributed by atoms with Gasteiger partial charge < -0.3 is 9.30 Å². The molecule has 3 aromatic heterocycles. The summed E-state index contributed by atoms with van der Waals surface area (Å²) in [4.78, 5) is 34.5. The summed E-state index contributed by atoms with van der Waals surface area (Å²) >= 11 is 2.68. The van der Waals surface area contributed by atoms with E-state index in [1.165, 1.54) is 33.6 Å². The quantitative estimate of drug-likeness (QED) is 0.490. The van der Waals surface area contributed by atoms with Crippen molar-refractivity contribution in [2.24, 2.45) is 7.05 Å². The molecule has 27 heavy (non-hydrogen) atoms. The molecule has 0 aliphatic heterocycles. The summed E-state index contributed by atoms with van der Waals surface area (Å²) in [6.45, 7) is 1.83. The van der Waals surface area contributed by atoms with Gasteiger partial charge in [-0.05, 0) is 12.5 Å². The maximum atomic E-state index is 12.5. The number of hydrogen-bond acceptors (Lipinski definition) is 7. The summed E-state index contributed by atoms with van der Waals surface area (Å²) in [6.07, 6.45) is 1.45. The highest BCUT2D eigenvalue weighted by molar-refractivity contribution is 7.20. The molecule has 4 aromatic rings. The number of rotatable bonds is 4. The van der Waals surface area contributed by atoms with Crippen LogP contribution in [0.1, 0.15) is 20.9 Å². The molecule has 0 atom stereocenters. The molecule has 0 spiro atoms. The molecule has 0 fully saturated rings. The van der Waals surface area contributed by atoms with Crippen LogP contribution in [0.15, 0.2) is 46.8 Å². The van der Waals surface area contributed by atoms with Crippen molar-refractivity contribution in [3.05, 3.63) is 68.5 Å². The second-order valence-corrected chi connectivity index (χ2v) is 7.84. The number of thiophene rings is 1. The number of carbonyl (C=O) groups is 1. The minimum absolute atomic E-state index is 0.0846. The Kier molecular flexibility index (Phi) is 4.59. The molecule has 0 N–H and O–H groups in total. The molecule has 0 radical (unpaired) electrons. The fraction of sp³-hybridized carbons (Fsp3) is 0.158. The predicted octanol–water partition coefficient (Wildman–Crippen LogP) is 3.78. The SMILES string of the molecule is Cc1c(C(=O)OCc2csc(-c3ccccc3)n2)sc2ncn(C)c(=O)c12. The summed E-state index contributed by atoms with van der Waals surface area (Å²) < 4.78 is 6.82. The molecular weight excluding hydrogens is 382 g/mol. The molecule has 0 aliphatic carbocycles. The standard InChI is InChI=1S/C19H15N3O3S2/c1-11-14-17(20-10-22(2)18(14)23)27-15(11)19(24)25-8-13-9-26-16(21-13)12-6-4-3-5-7-12/h3-7,9-10H,8H2,1-2H3. The zero-order chi connectivity index (χ0) is 19.0. The third kappa shape index (κ3) is 3.29. The summed E-state index contributed by atoms with van der Waals surface area (Å²) in [5, 5.41) is 3.23.